The maximum atomic E-state index is 9.75. The molecule has 0 fully saturated rings. The Morgan fingerprint density at radius 2 is 0.833 bits per heavy atom. The first-order valence-electron chi connectivity index (χ1n) is 10.5. The van der Waals surface area contributed by atoms with Crippen LogP contribution in [-0.2, 0) is 0 Å². The van der Waals surface area contributed by atoms with Crippen molar-refractivity contribution in [2.45, 2.75) is 13.8 Å². The number of aryl methyl sites for hydroxylation is 2. The summed E-state index contributed by atoms with van der Waals surface area (Å²) in [7, 11) is -12.0. The van der Waals surface area contributed by atoms with Crippen molar-refractivity contribution in [3.05, 3.63) is 96.3 Å². The van der Waals surface area contributed by atoms with E-state index < -0.39 is 14.5 Å². The van der Waals surface area contributed by atoms with E-state index in [9.17, 15) is 34.5 Å². The highest BCUT2D eigenvalue weighted by molar-refractivity contribution is 6.50. The summed E-state index contributed by atoms with van der Waals surface area (Å²) in [5, 5.41) is 0. The molecule has 0 saturated heterocycles. The standard InChI is InChI=1S/C24H20NO.2BF4/c1-17-3-7-20(8-4-17)23-15-22(19-11-13-25-14-12-19)16-24(26-23)21-9-5-18(2)6-10-21;2*2-1(3,4)5/h3-16H,1-2H3;;/q+1;2*-1/p+1. The minimum atomic E-state index is -6.00. The molecule has 0 atom stereocenters. The lowest BCUT2D eigenvalue weighted by atomic mass is 10.0. The molecule has 12 heteroatoms. The fourth-order valence-electron chi connectivity index (χ4n) is 2.97. The van der Waals surface area contributed by atoms with E-state index in [0.717, 1.165) is 33.8 Å². The maximum Gasteiger partial charge on any atom is 0.673 e. The summed E-state index contributed by atoms with van der Waals surface area (Å²) in [6, 6.07) is 25.2. The Hall–Kier alpha value is -3.69. The average Bonchev–Trinajstić information content (AvgIpc) is 2.78. The van der Waals surface area contributed by atoms with Gasteiger partial charge in [-0.15, -0.1) is 0 Å². The third-order valence-corrected chi connectivity index (χ3v) is 4.52. The van der Waals surface area contributed by atoms with Gasteiger partial charge in [0.05, 0.1) is 23.3 Å². The van der Waals surface area contributed by atoms with Crippen LogP contribution in [0.3, 0.4) is 0 Å². The lowest BCUT2D eigenvalue weighted by Crippen LogP contribution is -2.02. The average molecular weight is 513 g/mol. The lowest BCUT2D eigenvalue weighted by Gasteiger charge is -2.02. The highest BCUT2D eigenvalue weighted by Gasteiger charge is 2.22. The second-order valence-corrected chi connectivity index (χ2v) is 7.59. The Balaban J connectivity index is 0.000000389. The molecule has 0 bridgehead atoms. The predicted octanol–water partition coefficient (Wildman–Crippen LogP) is 8.59. The van der Waals surface area contributed by atoms with Gasteiger partial charge in [-0.05, 0) is 43.7 Å². The Kier molecular flexibility index (Phi) is 9.77. The fraction of sp³-hybridized carbons (Fsp3) is 0.0833. The molecule has 0 amide bonds. The summed E-state index contributed by atoms with van der Waals surface area (Å²) in [6.45, 7) is 4.19. The van der Waals surface area contributed by atoms with Crippen molar-refractivity contribution in [2.24, 2.45) is 0 Å². The molecule has 190 valence electrons. The molecule has 2 nitrogen and oxygen atoms in total. The molecule has 0 aliphatic carbocycles. The number of pyridine rings is 1. The van der Waals surface area contributed by atoms with E-state index in [-0.39, 0.29) is 0 Å². The van der Waals surface area contributed by atoms with Gasteiger partial charge in [-0.1, -0.05) is 35.4 Å². The Morgan fingerprint density at radius 3 is 1.17 bits per heavy atom. The van der Waals surface area contributed by atoms with E-state index in [0.29, 0.717) is 0 Å². The number of aromatic amines is 1. The van der Waals surface area contributed by atoms with Gasteiger partial charge in [0.15, 0.2) is 12.4 Å². The minimum Gasteiger partial charge on any atom is -0.418 e. The van der Waals surface area contributed by atoms with Gasteiger partial charge in [0.1, 0.15) is 0 Å². The molecular weight excluding hydrogens is 492 g/mol. The zero-order valence-electron chi connectivity index (χ0n) is 19.2. The van der Waals surface area contributed by atoms with E-state index in [2.05, 4.69) is 91.6 Å². The molecule has 1 N–H and O–H groups in total. The molecule has 0 aliphatic rings. The van der Waals surface area contributed by atoms with Crippen molar-refractivity contribution in [2.75, 3.05) is 0 Å². The quantitative estimate of drug-likeness (QED) is 0.153. The number of nitrogens with one attached hydrogen (secondary N) is 1. The Labute approximate surface area is 202 Å². The number of hydrogen-bond acceptors (Lipinski definition) is 0. The van der Waals surface area contributed by atoms with Crippen LogP contribution in [0.15, 0.2) is 89.6 Å². The first-order valence-corrected chi connectivity index (χ1v) is 10.5. The first-order chi connectivity index (χ1) is 16.7. The van der Waals surface area contributed by atoms with Gasteiger partial charge in [-0.25, -0.2) is 9.40 Å². The van der Waals surface area contributed by atoms with Crippen LogP contribution >= 0.6 is 0 Å². The number of hydrogen-bond donors (Lipinski definition) is 0. The molecular formula is C24H21B2F8NO. The van der Waals surface area contributed by atoms with Gasteiger partial charge in [-0.2, -0.15) is 0 Å². The van der Waals surface area contributed by atoms with Gasteiger partial charge >= 0.3 is 26.0 Å². The Bertz CT molecular complexity index is 1140. The van der Waals surface area contributed by atoms with Crippen LogP contribution in [0.25, 0.3) is 33.8 Å². The summed E-state index contributed by atoms with van der Waals surface area (Å²) in [4.78, 5) is 3.08. The van der Waals surface area contributed by atoms with Crippen molar-refractivity contribution in [3.63, 3.8) is 0 Å². The van der Waals surface area contributed by atoms with E-state index in [1.807, 2.05) is 12.4 Å². The van der Waals surface area contributed by atoms with Crippen LogP contribution < -0.4 is 4.98 Å². The molecule has 0 radical (unpaired) electrons. The summed E-state index contributed by atoms with van der Waals surface area (Å²) in [5.74, 6) is 1.73. The van der Waals surface area contributed by atoms with Crippen molar-refractivity contribution in [1.29, 1.82) is 0 Å². The topological polar surface area (TPSA) is 25.4 Å². The zero-order valence-corrected chi connectivity index (χ0v) is 19.2. The number of H-pyrrole nitrogens is 1. The van der Waals surface area contributed by atoms with E-state index in [1.165, 1.54) is 11.1 Å². The summed E-state index contributed by atoms with van der Waals surface area (Å²) in [6.07, 6.45) is 3.88. The maximum absolute atomic E-state index is 9.75. The monoisotopic (exact) mass is 513 g/mol. The largest absolute Gasteiger partial charge is 0.673 e. The molecule has 0 saturated carbocycles. The van der Waals surface area contributed by atoms with Crippen molar-refractivity contribution in [1.82, 2.24) is 0 Å². The molecule has 0 unspecified atom stereocenters. The van der Waals surface area contributed by atoms with Crippen LogP contribution in [0.5, 0.6) is 0 Å². The first kappa shape index (κ1) is 28.5. The van der Waals surface area contributed by atoms with Gasteiger partial charge < -0.3 is 34.5 Å². The molecule has 4 rings (SSSR count). The minimum absolute atomic E-state index is 0.867. The molecule has 4 aromatic rings. The van der Waals surface area contributed by atoms with Gasteiger partial charge in [-0.3, -0.25) is 0 Å². The van der Waals surface area contributed by atoms with Crippen molar-refractivity contribution >= 4 is 14.5 Å². The van der Waals surface area contributed by atoms with Crippen molar-refractivity contribution < 1.29 is 43.9 Å². The van der Waals surface area contributed by atoms with E-state index in [4.69, 9.17) is 4.42 Å². The fourth-order valence-corrected chi connectivity index (χ4v) is 2.97. The molecule has 2 aromatic carbocycles. The third-order valence-electron chi connectivity index (χ3n) is 4.52. The second kappa shape index (κ2) is 12.3. The summed E-state index contributed by atoms with van der Waals surface area (Å²) in [5.41, 5.74) is 6.92. The number of aromatic nitrogens is 1. The lowest BCUT2D eigenvalue weighted by molar-refractivity contribution is -0.377. The van der Waals surface area contributed by atoms with E-state index in [1.54, 1.807) is 0 Å². The van der Waals surface area contributed by atoms with Gasteiger partial charge in [0, 0.05) is 17.7 Å². The smallest absolute Gasteiger partial charge is 0.418 e. The molecule has 0 spiro atoms. The predicted molar refractivity (Wildman–Crippen MR) is 126 cm³/mol. The summed E-state index contributed by atoms with van der Waals surface area (Å²) < 4.78 is 84.3. The number of benzene rings is 2. The van der Waals surface area contributed by atoms with Crippen molar-refractivity contribution in [3.8, 4) is 33.8 Å². The SMILES string of the molecule is Cc1ccc(-c2cc(-c3cc[nH+]cc3)cc(-c3ccc(C)cc3)[o+]2)cc1.F[B-](F)(F)F.F[B-](F)(F)F. The third kappa shape index (κ3) is 11.2. The number of halogens is 8. The number of rotatable bonds is 3. The van der Waals surface area contributed by atoms with Crippen LogP contribution in [0.2, 0.25) is 0 Å². The summed E-state index contributed by atoms with van der Waals surface area (Å²) >= 11 is 0. The molecule has 2 aromatic heterocycles. The van der Waals surface area contributed by atoms with E-state index >= 15 is 0 Å². The molecule has 0 aliphatic heterocycles. The van der Waals surface area contributed by atoms with Gasteiger partial charge in [0.2, 0.25) is 0 Å². The molecule has 36 heavy (non-hydrogen) atoms. The van der Waals surface area contributed by atoms with Crippen LogP contribution in [0, 0.1) is 13.8 Å². The van der Waals surface area contributed by atoms with Crippen LogP contribution in [-0.4, -0.2) is 14.5 Å². The van der Waals surface area contributed by atoms with Crippen LogP contribution in [0.1, 0.15) is 11.1 Å². The highest BCUT2D eigenvalue weighted by atomic mass is 19.5. The second-order valence-electron chi connectivity index (χ2n) is 7.59. The Morgan fingerprint density at radius 1 is 0.500 bits per heavy atom. The molecule has 2 heterocycles. The van der Waals surface area contributed by atoms with Crippen LogP contribution in [0.4, 0.5) is 34.5 Å². The highest BCUT2D eigenvalue weighted by Crippen LogP contribution is 2.32. The zero-order chi connectivity index (χ0) is 26.9. The van der Waals surface area contributed by atoms with Gasteiger partial charge in [0.25, 0.3) is 0 Å². The normalized spacial score (nSPS) is 11.1.